The lowest BCUT2D eigenvalue weighted by atomic mass is 9.96. The van der Waals surface area contributed by atoms with Gasteiger partial charge in [0, 0.05) is 28.6 Å². The van der Waals surface area contributed by atoms with E-state index in [9.17, 15) is 18.8 Å². The van der Waals surface area contributed by atoms with Gasteiger partial charge in [0.05, 0.1) is 28.7 Å². The fraction of sp³-hybridized carbons (Fsp3) is 0.300. The van der Waals surface area contributed by atoms with Gasteiger partial charge < -0.3 is 14.7 Å². The van der Waals surface area contributed by atoms with Crippen LogP contribution in [0, 0.1) is 11.2 Å². The topological polar surface area (TPSA) is 86.0 Å². The number of pyridine rings is 1. The van der Waals surface area contributed by atoms with Crippen molar-refractivity contribution in [1.29, 1.82) is 0 Å². The molecule has 0 amide bonds. The first-order chi connectivity index (χ1) is 14.1. The average Bonchev–Trinajstić information content (AvgIpc) is 3.27. The third kappa shape index (κ3) is 4.68. The van der Waals surface area contributed by atoms with Crippen LogP contribution >= 0.6 is 22.9 Å². The van der Waals surface area contributed by atoms with Crippen molar-refractivity contribution >= 4 is 40.9 Å². The smallest absolute Gasteiger partial charge is 0.254 e. The molecule has 0 radical (unpaired) electrons. The predicted molar refractivity (Wildman–Crippen MR) is 115 cm³/mol. The number of halogens is 2. The fourth-order valence-corrected chi connectivity index (χ4v) is 3.72. The van der Waals surface area contributed by atoms with Crippen LogP contribution in [0.1, 0.15) is 30.4 Å². The van der Waals surface area contributed by atoms with E-state index in [1.165, 1.54) is 28.3 Å². The zero-order valence-corrected chi connectivity index (χ0v) is 18.2. The minimum atomic E-state index is -0.786. The summed E-state index contributed by atoms with van der Waals surface area (Å²) in [5.74, 6) is -0.698. The number of carbonyl (C=O) groups is 2. The van der Waals surface area contributed by atoms with Crippen molar-refractivity contribution < 1.29 is 14.0 Å². The molecule has 3 aromatic rings. The Kier molecular flexibility index (Phi) is 6.23. The van der Waals surface area contributed by atoms with Crippen LogP contribution in [0.5, 0.6) is 0 Å². The number of aldehydes is 1. The lowest BCUT2D eigenvalue weighted by molar-refractivity contribution is -0.108. The highest BCUT2D eigenvalue weighted by atomic mass is 35.5. The maximum absolute atomic E-state index is 14.5. The van der Waals surface area contributed by atoms with Crippen molar-refractivity contribution in [2.45, 2.75) is 33.9 Å². The maximum Gasteiger partial charge on any atom is 0.254 e. The first-order valence-electron chi connectivity index (χ1n) is 9.07. The van der Waals surface area contributed by atoms with Gasteiger partial charge in [-0.15, -0.1) is 11.3 Å². The number of nitrogens with zero attached hydrogens (tertiary/aromatic N) is 3. The summed E-state index contributed by atoms with van der Waals surface area (Å²) < 4.78 is 17.4. The number of aromatic nitrogens is 3. The molecule has 3 aromatic heterocycles. The summed E-state index contributed by atoms with van der Waals surface area (Å²) in [5.41, 5.74) is -1.20. The molecule has 0 fully saturated rings. The monoisotopic (exact) mass is 450 g/mol. The molecule has 0 saturated heterocycles. The largest absolute Gasteiger partial charge is 0.365 e. The van der Waals surface area contributed by atoms with E-state index in [0.29, 0.717) is 23.0 Å². The minimum absolute atomic E-state index is 0.0131. The molecule has 0 aliphatic carbocycles. The van der Waals surface area contributed by atoms with Crippen molar-refractivity contribution in [3.8, 4) is 11.3 Å². The molecule has 0 spiro atoms. The Bertz CT molecular complexity index is 1160. The second-order valence-electron chi connectivity index (χ2n) is 7.63. The van der Waals surface area contributed by atoms with E-state index in [-0.39, 0.29) is 23.7 Å². The summed E-state index contributed by atoms with van der Waals surface area (Å²) in [4.78, 5) is 36.5. The van der Waals surface area contributed by atoms with Crippen LogP contribution in [-0.4, -0.2) is 26.5 Å². The fourth-order valence-electron chi connectivity index (χ4n) is 2.70. The van der Waals surface area contributed by atoms with Gasteiger partial charge in [-0.05, 0) is 12.1 Å². The van der Waals surface area contributed by atoms with Gasteiger partial charge in [-0.3, -0.25) is 9.59 Å². The second kappa shape index (κ2) is 8.53. The number of hydrogen-bond acceptors (Lipinski definition) is 6. The van der Waals surface area contributed by atoms with E-state index >= 15 is 0 Å². The Morgan fingerprint density at radius 1 is 1.33 bits per heavy atom. The van der Waals surface area contributed by atoms with Crippen LogP contribution in [0.25, 0.3) is 11.3 Å². The van der Waals surface area contributed by atoms with E-state index in [2.05, 4.69) is 10.4 Å². The summed E-state index contributed by atoms with van der Waals surface area (Å²) in [6, 6.07) is 5.97. The molecule has 7 nitrogen and oxygen atoms in total. The van der Waals surface area contributed by atoms with Crippen LogP contribution < -0.4 is 10.9 Å². The summed E-state index contributed by atoms with van der Waals surface area (Å²) in [7, 11) is 0. The van der Waals surface area contributed by atoms with Crippen LogP contribution in [0.15, 0.2) is 35.3 Å². The molecule has 3 rings (SSSR count). The molecule has 0 bridgehead atoms. The molecule has 0 unspecified atom stereocenters. The highest BCUT2D eigenvalue weighted by molar-refractivity contribution is 7.16. The standard InChI is InChI=1S/C20H20ClFN4O3S/c1-20(2,3)19(29)26-17(23-10-12-4-5-16(21)30-12)9-15(24-26)13-11-25(6-7-27)18(28)8-14(13)22/h4-5,7-9,11,23H,6,10H2,1-3H3. The van der Waals surface area contributed by atoms with Crippen LogP contribution in [-0.2, 0) is 17.9 Å². The van der Waals surface area contributed by atoms with Crippen molar-refractivity contribution in [3.05, 3.63) is 55.8 Å². The third-order valence-corrected chi connectivity index (χ3v) is 5.47. The first kappa shape index (κ1) is 21.9. The molecule has 0 aromatic carbocycles. The zero-order chi connectivity index (χ0) is 22.1. The van der Waals surface area contributed by atoms with Gasteiger partial charge >= 0.3 is 0 Å². The Morgan fingerprint density at radius 2 is 2.07 bits per heavy atom. The summed E-state index contributed by atoms with van der Waals surface area (Å²) in [6.07, 6.45) is 1.77. The lowest BCUT2D eigenvalue weighted by Gasteiger charge is -2.18. The van der Waals surface area contributed by atoms with Gasteiger partial charge in [0.15, 0.2) is 0 Å². The van der Waals surface area contributed by atoms with Crippen LogP contribution in [0.2, 0.25) is 4.34 Å². The van der Waals surface area contributed by atoms with Crippen LogP contribution in [0.4, 0.5) is 10.2 Å². The van der Waals surface area contributed by atoms with Gasteiger partial charge in [-0.25, -0.2) is 4.39 Å². The number of nitrogens with one attached hydrogen (secondary N) is 1. The van der Waals surface area contributed by atoms with Gasteiger partial charge in [0.1, 0.15) is 17.9 Å². The molecule has 3 heterocycles. The Balaban J connectivity index is 2.05. The molecule has 10 heteroatoms. The second-order valence-corrected chi connectivity index (χ2v) is 9.43. The molecule has 0 aliphatic rings. The van der Waals surface area contributed by atoms with Crippen molar-refractivity contribution in [2.75, 3.05) is 5.32 Å². The van der Waals surface area contributed by atoms with Gasteiger partial charge in [-0.2, -0.15) is 9.78 Å². The molecule has 30 heavy (non-hydrogen) atoms. The summed E-state index contributed by atoms with van der Waals surface area (Å²) >= 11 is 7.36. The molecule has 0 atom stereocenters. The summed E-state index contributed by atoms with van der Waals surface area (Å²) in [6.45, 7) is 5.45. The molecular weight excluding hydrogens is 431 g/mol. The summed E-state index contributed by atoms with van der Waals surface area (Å²) in [5, 5.41) is 7.44. The molecule has 0 saturated carbocycles. The van der Waals surface area contributed by atoms with E-state index < -0.39 is 16.8 Å². The van der Waals surface area contributed by atoms with Crippen LogP contribution in [0.3, 0.4) is 0 Å². The number of thiophene rings is 1. The van der Waals surface area contributed by atoms with Crippen molar-refractivity contribution in [2.24, 2.45) is 5.41 Å². The number of hydrogen-bond donors (Lipinski definition) is 1. The van der Waals surface area contributed by atoms with E-state index in [4.69, 9.17) is 11.6 Å². The number of carbonyl (C=O) groups excluding carboxylic acids is 2. The molecule has 158 valence electrons. The van der Waals surface area contributed by atoms with Crippen molar-refractivity contribution in [3.63, 3.8) is 0 Å². The predicted octanol–water partition coefficient (Wildman–Crippen LogP) is 4.06. The first-order valence-corrected chi connectivity index (χ1v) is 10.3. The highest BCUT2D eigenvalue weighted by Gasteiger charge is 2.27. The lowest BCUT2D eigenvalue weighted by Crippen LogP contribution is -2.28. The van der Waals surface area contributed by atoms with Gasteiger partial charge in [0.2, 0.25) is 0 Å². The average molecular weight is 451 g/mol. The maximum atomic E-state index is 14.5. The normalized spacial score (nSPS) is 11.5. The Morgan fingerprint density at radius 3 is 2.67 bits per heavy atom. The molecule has 0 aliphatic heterocycles. The molecular formula is C20H20ClFN4O3S. The third-order valence-electron chi connectivity index (χ3n) is 4.24. The number of anilines is 1. The number of rotatable bonds is 6. The zero-order valence-electron chi connectivity index (χ0n) is 16.6. The molecule has 1 N–H and O–H groups in total. The Labute approximate surface area is 181 Å². The van der Waals surface area contributed by atoms with Gasteiger partial charge in [0.25, 0.3) is 11.5 Å². The SMILES string of the molecule is CC(C)(C)C(=O)n1nc(-c2cn(CC=O)c(=O)cc2F)cc1NCc1ccc(Cl)s1. The Hall–Kier alpha value is -2.78. The van der Waals surface area contributed by atoms with Crippen molar-refractivity contribution in [1.82, 2.24) is 14.3 Å². The van der Waals surface area contributed by atoms with E-state index in [1.807, 2.05) is 6.07 Å². The highest BCUT2D eigenvalue weighted by Crippen LogP contribution is 2.28. The van der Waals surface area contributed by atoms with Gasteiger partial charge in [-0.1, -0.05) is 32.4 Å². The minimum Gasteiger partial charge on any atom is -0.365 e. The quantitative estimate of drug-likeness (QED) is 0.572. The van der Waals surface area contributed by atoms with E-state index in [0.717, 1.165) is 15.5 Å². The van der Waals surface area contributed by atoms with E-state index in [1.54, 1.807) is 26.8 Å².